The van der Waals surface area contributed by atoms with Crippen LogP contribution in [0, 0.1) is 5.39 Å². The molecule has 0 heterocycles. The van der Waals surface area contributed by atoms with E-state index in [2.05, 4.69) is 4.98 Å². The molecule has 0 saturated heterocycles. The van der Waals surface area contributed by atoms with Gasteiger partial charge in [-0.2, -0.15) is 0 Å². The number of diazo groups is 1. The van der Waals surface area contributed by atoms with Crippen LogP contribution in [0.3, 0.4) is 0 Å². The molecule has 6 nitrogen and oxygen atoms in total. The maximum atomic E-state index is 8.63. The van der Waals surface area contributed by atoms with Crippen LogP contribution >= 0.6 is 11.6 Å². The lowest BCUT2D eigenvalue weighted by molar-refractivity contribution is 0.366. The van der Waals surface area contributed by atoms with E-state index in [1.807, 2.05) is 36.4 Å². The topological polar surface area (TPSA) is 106 Å². The summed E-state index contributed by atoms with van der Waals surface area (Å²) in [6.07, 6.45) is 0. The maximum absolute atomic E-state index is 8.63. The van der Waals surface area contributed by atoms with Gasteiger partial charge in [0.15, 0.2) is 4.98 Å². The minimum atomic E-state index is -4.92. The number of nitrogens with zero attached hydrogens (tertiary/aromatic N) is 2. The third-order valence-electron chi connectivity index (χ3n) is 2.15. The molecule has 104 valence electrons. The Labute approximate surface area is 120 Å². The fraction of sp³-hybridized carbons (Fsp3) is 0. The quantitative estimate of drug-likeness (QED) is 0.493. The first-order valence-corrected chi connectivity index (χ1v) is 6.94. The van der Waals surface area contributed by atoms with Crippen LogP contribution in [-0.4, -0.2) is 17.5 Å². The summed E-state index contributed by atoms with van der Waals surface area (Å²) in [7, 11) is -4.92. The monoisotopic (exact) mass is 312 g/mol. The van der Waals surface area contributed by atoms with Crippen molar-refractivity contribution >= 4 is 27.7 Å². The van der Waals surface area contributed by atoms with Crippen LogP contribution in [0.5, 0.6) is 0 Å². The van der Waals surface area contributed by atoms with Gasteiger partial charge in [0.1, 0.15) is 0 Å². The Bertz CT molecular complexity index is 719. The van der Waals surface area contributed by atoms with Gasteiger partial charge in [-0.05, 0) is 11.6 Å². The van der Waals surface area contributed by atoms with Crippen molar-refractivity contribution in [2.45, 2.75) is 0 Å². The third kappa shape index (κ3) is 5.77. The van der Waals surface area contributed by atoms with E-state index in [1.165, 1.54) is 0 Å². The van der Waals surface area contributed by atoms with Gasteiger partial charge in [0.25, 0.3) is 0 Å². The first-order valence-electron chi connectivity index (χ1n) is 5.19. The van der Waals surface area contributed by atoms with E-state index in [0.29, 0.717) is 10.7 Å². The molecule has 0 aliphatic heterocycles. The summed E-state index contributed by atoms with van der Waals surface area (Å²) >= 11 is 6.07. The van der Waals surface area contributed by atoms with Gasteiger partial charge in [0, 0.05) is 11.6 Å². The summed E-state index contributed by atoms with van der Waals surface area (Å²) in [5.41, 5.74) is 2.44. The molecule has 0 radical (unpaired) electrons. The van der Waals surface area contributed by atoms with Crippen molar-refractivity contribution in [3.63, 3.8) is 0 Å². The van der Waals surface area contributed by atoms with Gasteiger partial charge in [-0.3, -0.25) is 4.55 Å². The molecular formula is C12H9ClN2O4S. The number of hydrogen-bond donors (Lipinski definition) is 1. The first kappa shape index (κ1) is 16.1. The van der Waals surface area contributed by atoms with Crippen molar-refractivity contribution in [3.8, 4) is 11.1 Å². The Morgan fingerprint density at radius 1 is 1.15 bits per heavy atom. The van der Waals surface area contributed by atoms with E-state index in [9.17, 15) is 0 Å². The van der Waals surface area contributed by atoms with Gasteiger partial charge in [-0.15, -0.1) is 0 Å². The molecular weight excluding hydrogens is 304 g/mol. The van der Waals surface area contributed by atoms with Gasteiger partial charge < -0.3 is 4.55 Å². The van der Waals surface area contributed by atoms with Crippen molar-refractivity contribution in [3.05, 3.63) is 58.5 Å². The highest BCUT2D eigenvalue weighted by Crippen LogP contribution is 2.30. The van der Waals surface area contributed by atoms with Crippen molar-refractivity contribution < 1.29 is 17.5 Å². The minimum absolute atomic E-state index is 0.458. The van der Waals surface area contributed by atoms with Gasteiger partial charge in [-0.25, -0.2) is 8.42 Å². The van der Waals surface area contributed by atoms with Crippen LogP contribution in [0.1, 0.15) is 0 Å². The van der Waals surface area contributed by atoms with E-state index in [4.69, 9.17) is 34.5 Å². The lowest BCUT2D eigenvalue weighted by atomic mass is 10.1. The summed E-state index contributed by atoms with van der Waals surface area (Å²) in [6.45, 7) is 0. The zero-order valence-corrected chi connectivity index (χ0v) is 11.5. The van der Waals surface area contributed by atoms with Gasteiger partial charge in [-0.1, -0.05) is 41.9 Å². The molecule has 0 aliphatic rings. The van der Waals surface area contributed by atoms with Crippen LogP contribution in [0.4, 0.5) is 5.69 Å². The highest BCUT2D eigenvalue weighted by atomic mass is 35.5. The molecule has 0 atom stereocenters. The molecule has 0 fully saturated rings. The van der Waals surface area contributed by atoms with Gasteiger partial charge in [0.05, 0.1) is 11.1 Å². The summed E-state index contributed by atoms with van der Waals surface area (Å²) in [6, 6.07) is 15.0. The molecule has 0 saturated carbocycles. The first-order chi connectivity index (χ1) is 9.31. The normalized spacial score (nSPS) is 10.1. The van der Waals surface area contributed by atoms with E-state index in [-0.39, 0.29) is 0 Å². The Balaban J connectivity index is 0.000000347. The van der Waals surface area contributed by atoms with E-state index < -0.39 is 10.4 Å². The number of hydrogen-bond acceptors (Lipinski definition) is 4. The summed E-state index contributed by atoms with van der Waals surface area (Å²) in [5, 5.41) is 9.17. The molecule has 8 heteroatoms. The number of benzene rings is 2. The highest BCUT2D eigenvalue weighted by Gasteiger charge is 2.09. The predicted octanol–water partition coefficient (Wildman–Crippen LogP) is 3.50. The Morgan fingerprint density at radius 3 is 2.15 bits per heavy atom. The summed E-state index contributed by atoms with van der Waals surface area (Å²) in [4.78, 5) is 3.08. The SMILES string of the molecule is N#[N+]c1ccc(-c2ccccc2)c(Cl)c1.O=S(=O)([O-])O. The average molecular weight is 313 g/mol. The molecule has 2 rings (SSSR count). The van der Waals surface area contributed by atoms with Crippen molar-refractivity contribution in [1.82, 2.24) is 0 Å². The standard InChI is InChI=1S/C12H8ClN2.H2O4S/c13-12-8-10(15-14)6-7-11(12)9-4-2-1-3-5-9;1-5(2,3)4/h1-8H;(H2,1,2,3,4)/q+1;/p-1. The summed E-state index contributed by atoms with van der Waals surface area (Å²) < 4.78 is 32.8. The molecule has 0 bridgehead atoms. The van der Waals surface area contributed by atoms with Gasteiger partial charge >= 0.3 is 5.69 Å². The van der Waals surface area contributed by atoms with Crippen LogP contribution in [0.2, 0.25) is 5.02 Å². The molecule has 0 unspecified atom stereocenters. The molecule has 20 heavy (non-hydrogen) atoms. The van der Waals surface area contributed by atoms with Crippen LogP contribution in [0.15, 0.2) is 48.5 Å². The second kappa shape index (κ2) is 6.98. The second-order valence-electron chi connectivity index (χ2n) is 3.56. The fourth-order valence-electron chi connectivity index (χ4n) is 1.42. The van der Waals surface area contributed by atoms with Crippen molar-refractivity contribution in [2.75, 3.05) is 0 Å². The Hall–Kier alpha value is -1.98. The molecule has 0 aliphatic carbocycles. The molecule has 2 aromatic rings. The van der Waals surface area contributed by atoms with Crippen molar-refractivity contribution in [1.29, 1.82) is 5.39 Å². The molecule has 2 aromatic carbocycles. The van der Waals surface area contributed by atoms with Gasteiger partial charge in [0.2, 0.25) is 15.8 Å². The van der Waals surface area contributed by atoms with Crippen LogP contribution in [0.25, 0.3) is 16.1 Å². The lowest BCUT2D eigenvalue weighted by Gasteiger charge is -2.01. The predicted molar refractivity (Wildman–Crippen MR) is 74.0 cm³/mol. The van der Waals surface area contributed by atoms with E-state index in [1.54, 1.807) is 12.1 Å². The maximum Gasteiger partial charge on any atom is 0.386 e. The number of halogens is 1. The zero-order valence-electron chi connectivity index (χ0n) is 9.97. The highest BCUT2D eigenvalue weighted by molar-refractivity contribution is 7.79. The van der Waals surface area contributed by atoms with E-state index in [0.717, 1.165) is 11.1 Å². The van der Waals surface area contributed by atoms with E-state index >= 15 is 0 Å². The molecule has 1 N–H and O–H groups in total. The minimum Gasteiger partial charge on any atom is -0.726 e. The van der Waals surface area contributed by atoms with Crippen LogP contribution in [-0.2, 0) is 10.4 Å². The molecule has 0 aromatic heterocycles. The molecule has 0 amide bonds. The Morgan fingerprint density at radius 2 is 1.70 bits per heavy atom. The Kier molecular flexibility index (Phi) is 5.61. The largest absolute Gasteiger partial charge is 0.726 e. The average Bonchev–Trinajstić information content (AvgIpc) is 2.37. The van der Waals surface area contributed by atoms with Crippen molar-refractivity contribution in [2.24, 2.45) is 0 Å². The number of rotatable bonds is 1. The molecule has 0 spiro atoms. The second-order valence-corrected chi connectivity index (χ2v) is 4.82. The van der Waals surface area contributed by atoms with Crippen LogP contribution < -0.4 is 0 Å². The lowest BCUT2D eigenvalue weighted by Crippen LogP contribution is -1.90. The summed E-state index contributed by atoms with van der Waals surface area (Å²) in [5.74, 6) is 0. The fourth-order valence-corrected chi connectivity index (χ4v) is 1.70. The smallest absolute Gasteiger partial charge is 0.386 e. The third-order valence-corrected chi connectivity index (χ3v) is 2.47. The zero-order chi connectivity index (χ0) is 15.2.